The fraction of sp³-hybridized carbons (Fsp3) is 0.333. The van der Waals surface area contributed by atoms with E-state index in [0.29, 0.717) is 25.1 Å². The van der Waals surface area contributed by atoms with Crippen LogP contribution in [0.25, 0.3) is 0 Å². The molecule has 8 heteroatoms. The lowest BCUT2D eigenvalue weighted by molar-refractivity contribution is 0.0952. The number of carbonyl (C=O) groups is 2. The standard InChI is InChI=1S/C12H13I3N2O3/c1-20-12(19)17-4-2-3-16-11(18)8-5-7(13)6-9(14)10(8)15/h5-6H,2-4H2,1H3,(H,16,18)(H,17,19). The predicted molar refractivity (Wildman–Crippen MR) is 102 cm³/mol. The van der Waals surface area contributed by atoms with Crippen LogP contribution in [0.3, 0.4) is 0 Å². The van der Waals surface area contributed by atoms with E-state index in [9.17, 15) is 9.59 Å². The predicted octanol–water partition coefficient (Wildman–Crippen LogP) is 2.98. The minimum Gasteiger partial charge on any atom is -0.453 e. The van der Waals surface area contributed by atoms with Gasteiger partial charge < -0.3 is 15.4 Å². The van der Waals surface area contributed by atoms with Crippen molar-refractivity contribution in [2.75, 3.05) is 20.2 Å². The molecule has 0 saturated heterocycles. The van der Waals surface area contributed by atoms with Crippen molar-refractivity contribution in [1.82, 2.24) is 10.6 Å². The highest BCUT2D eigenvalue weighted by Gasteiger charge is 2.13. The number of benzene rings is 1. The molecule has 1 rings (SSSR count). The van der Waals surface area contributed by atoms with Gasteiger partial charge in [0.15, 0.2) is 0 Å². The first-order valence-electron chi connectivity index (χ1n) is 5.70. The average molecular weight is 614 g/mol. The Morgan fingerprint density at radius 3 is 2.45 bits per heavy atom. The van der Waals surface area contributed by atoms with Crippen LogP contribution in [-0.2, 0) is 4.74 Å². The maximum atomic E-state index is 12.1. The molecule has 0 heterocycles. The number of amides is 2. The van der Waals surface area contributed by atoms with Gasteiger partial charge in [0.2, 0.25) is 0 Å². The fourth-order valence-corrected chi connectivity index (χ4v) is 3.77. The fourth-order valence-electron chi connectivity index (χ4n) is 1.37. The van der Waals surface area contributed by atoms with Crippen LogP contribution < -0.4 is 10.6 Å². The zero-order valence-corrected chi connectivity index (χ0v) is 17.1. The smallest absolute Gasteiger partial charge is 0.406 e. The van der Waals surface area contributed by atoms with E-state index in [4.69, 9.17) is 0 Å². The molecule has 0 fully saturated rings. The normalized spacial score (nSPS) is 10.0. The van der Waals surface area contributed by atoms with E-state index < -0.39 is 6.09 Å². The van der Waals surface area contributed by atoms with Crippen molar-refractivity contribution in [1.29, 1.82) is 0 Å². The van der Waals surface area contributed by atoms with Crippen molar-refractivity contribution in [2.45, 2.75) is 6.42 Å². The van der Waals surface area contributed by atoms with E-state index in [1.807, 2.05) is 12.1 Å². The SMILES string of the molecule is COC(=O)NCCCNC(=O)c1cc(I)cc(I)c1I. The molecule has 0 aliphatic rings. The molecular weight excluding hydrogens is 601 g/mol. The highest BCUT2D eigenvalue weighted by atomic mass is 127. The largest absolute Gasteiger partial charge is 0.453 e. The van der Waals surface area contributed by atoms with Gasteiger partial charge in [-0.2, -0.15) is 0 Å². The molecule has 0 aliphatic carbocycles. The number of rotatable bonds is 5. The molecule has 0 radical (unpaired) electrons. The Balaban J connectivity index is 2.46. The lowest BCUT2D eigenvalue weighted by Gasteiger charge is -2.09. The number of carbonyl (C=O) groups excluding carboxylic acids is 2. The molecule has 1 aromatic carbocycles. The van der Waals surface area contributed by atoms with Crippen LogP contribution in [0.2, 0.25) is 0 Å². The Kier molecular flexibility index (Phi) is 8.39. The van der Waals surface area contributed by atoms with Crippen LogP contribution in [0.1, 0.15) is 16.8 Å². The summed E-state index contributed by atoms with van der Waals surface area (Å²) < 4.78 is 7.50. The van der Waals surface area contributed by atoms with Crippen molar-refractivity contribution < 1.29 is 14.3 Å². The molecule has 0 saturated carbocycles. The number of nitrogens with one attached hydrogen (secondary N) is 2. The summed E-state index contributed by atoms with van der Waals surface area (Å²) in [5, 5.41) is 5.40. The molecule has 0 spiro atoms. The molecular formula is C12H13I3N2O3. The summed E-state index contributed by atoms with van der Waals surface area (Å²) in [7, 11) is 1.32. The van der Waals surface area contributed by atoms with Crippen LogP contribution in [0.4, 0.5) is 4.79 Å². The van der Waals surface area contributed by atoms with Gasteiger partial charge in [-0.3, -0.25) is 4.79 Å². The summed E-state index contributed by atoms with van der Waals surface area (Å²) in [5.41, 5.74) is 0.683. The summed E-state index contributed by atoms with van der Waals surface area (Å²) in [4.78, 5) is 22.9. The van der Waals surface area contributed by atoms with Gasteiger partial charge in [0.25, 0.3) is 5.91 Å². The molecule has 0 aliphatic heterocycles. The second kappa shape index (κ2) is 9.23. The summed E-state index contributed by atoms with van der Waals surface area (Å²) in [6.45, 7) is 0.967. The summed E-state index contributed by atoms with van der Waals surface area (Å²) in [5.74, 6) is -0.0936. The zero-order valence-electron chi connectivity index (χ0n) is 10.6. The summed E-state index contributed by atoms with van der Waals surface area (Å²) in [6.07, 6.45) is 0.191. The maximum absolute atomic E-state index is 12.1. The van der Waals surface area contributed by atoms with Gasteiger partial charge in [0.05, 0.1) is 12.7 Å². The van der Waals surface area contributed by atoms with E-state index in [-0.39, 0.29) is 5.91 Å². The van der Waals surface area contributed by atoms with Crippen molar-refractivity contribution in [3.05, 3.63) is 28.4 Å². The number of halogens is 3. The molecule has 110 valence electrons. The van der Waals surface area contributed by atoms with Gasteiger partial charge in [-0.1, -0.05) is 0 Å². The number of alkyl carbamates (subject to hydrolysis) is 1. The Hall–Kier alpha value is 0.150. The molecule has 20 heavy (non-hydrogen) atoms. The molecule has 2 N–H and O–H groups in total. The van der Waals surface area contributed by atoms with Crippen LogP contribution in [0, 0.1) is 10.7 Å². The van der Waals surface area contributed by atoms with Gasteiger partial charge in [0, 0.05) is 23.8 Å². The Labute approximate surface area is 158 Å². The van der Waals surface area contributed by atoms with E-state index in [1.165, 1.54) is 7.11 Å². The van der Waals surface area contributed by atoms with E-state index >= 15 is 0 Å². The Bertz CT molecular complexity index is 509. The quantitative estimate of drug-likeness (QED) is 0.305. The van der Waals surface area contributed by atoms with E-state index in [2.05, 4.69) is 83.1 Å². The lowest BCUT2D eigenvalue weighted by Crippen LogP contribution is -2.30. The molecule has 0 aromatic heterocycles. The van der Waals surface area contributed by atoms with E-state index in [1.54, 1.807) is 0 Å². The van der Waals surface area contributed by atoms with Crippen molar-refractivity contribution in [2.24, 2.45) is 0 Å². The maximum Gasteiger partial charge on any atom is 0.406 e. The average Bonchev–Trinajstić information content (AvgIpc) is 2.41. The second-order valence-corrected chi connectivity index (χ2v) is 7.26. The van der Waals surface area contributed by atoms with Gasteiger partial charge in [-0.25, -0.2) is 4.79 Å². The highest BCUT2D eigenvalue weighted by molar-refractivity contribution is 14.1. The van der Waals surface area contributed by atoms with Gasteiger partial charge in [-0.15, -0.1) is 0 Å². The van der Waals surface area contributed by atoms with Gasteiger partial charge >= 0.3 is 6.09 Å². The third kappa shape index (κ3) is 5.87. The van der Waals surface area contributed by atoms with E-state index in [0.717, 1.165) is 10.7 Å². The molecule has 0 unspecified atom stereocenters. The Morgan fingerprint density at radius 1 is 1.15 bits per heavy atom. The van der Waals surface area contributed by atoms with Crippen LogP contribution >= 0.6 is 67.8 Å². The van der Waals surface area contributed by atoms with Crippen molar-refractivity contribution >= 4 is 79.8 Å². The summed E-state index contributed by atoms with van der Waals surface area (Å²) >= 11 is 6.59. The second-order valence-electron chi connectivity index (χ2n) is 3.78. The number of ether oxygens (including phenoxy) is 1. The highest BCUT2D eigenvalue weighted by Crippen LogP contribution is 2.22. The summed E-state index contributed by atoms with van der Waals surface area (Å²) in [6, 6.07) is 3.90. The third-order valence-corrected chi connectivity index (χ3v) is 6.00. The molecule has 0 atom stereocenters. The van der Waals surface area contributed by atoms with Crippen LogP contribution in [-0.4, -0.2) is 32.2 Å². The Morgan fingerprint density at radius 2 is 1.80 bits per heavy atom. The number of hydrogen-bond donors (Lipinski definition) is 2. The molecule has 0 bridgehead atoms. The lowest BCUT2D eigenvalue weighted by atomic mass is 10.2. The first kappa shape index (κ1) is 18.2. The van der Waals surface area contributed by atoms with Crippen LogP contribution in [0.15, 0.2) is 12.1 Å². The minimum absolute atomic E-state index is 0.0936. The topological polar surface area (TPSA) is 67.4 Å². The number of hydrogen-bond acceptors (Lipinski definition) is 3. The third-order valence-electron chi connectivity index (χ3n) is 2.33. The van der Waals surface area contributed by atoms with Crippen LogP contribution in [0.5, 0.6) is 0 Å². The zero-order chi connectivity index (χ0) is 15.1. The molecule has 2 amide bonds. The van der Waals surface area contributed by atoms with Crippen molar-refractivity contribution in [3.8, 4) is 0 Å². The van der Waals surface area contributed by atoms with Crippen molar-refractivity contribution in [3.63, 3.8) is 0 Å². The minimum atomic E-state index is -0.460. The number of methoxy groups -OCH3 is 1. The van der Waals surface area contributed by atoms with Gasteiger partial charge in [-0.05, 0) is 86.3 Å². The first-order chi connectivity index (χ1) is 9.45. The van der Waals surface area contributed by atoms with Gasteiger partial charge in [0.1, 0.15) is 0 Å². The molecule has 5 nitrogen and oxygen atoms in total. The molecule has 1 aromatic rings. The first-order valence-corrected chi connectivity index (χ1v) is 8.94. The monoisotopic (exact) mass is 614 g/mol.